The zero-order valence-corrected chi connectivity index (χ0v) is 26.0. The van der Waals surface area contributed by atoms with Crippen molar-refractivity contribution in [1.29, 1.82) is 0 Å². The minimum absolute atomic E-state index is 0.0255. The number of anilines is 1. The molecule has 1 atom stereocenters. The topological polar surface area (TPSA) is 150 Å². The molecule has 0 aliphatic carbocycles. The van der Waals surface area contributed by atoms with E-state index in [-0.39, 0.29) is 41.5 Å². The number of guanidine groups is 1. The van der Waals surface area contributed by atoms with Gasteiger partial charge in [-0.2, -0.15) is 0 Å². The molecule has 0 bridgehead atoms. The molecule has 1 aromatic carbocycles. The maximum absolute atomic E-state index is 13.7. The van der Waals surface area contributed by atoms with E-state index in [1.54, 1.807) is 15.9 Å². The Morgan fingerprint density at radius 2 is 1.74 bits per heavy atom. The quantitative estimate of drug-likeness (QED) is 0.312. The van der Waals surface area contributed by atoms with Crippen LogP contribution >= 0.6 is 0 Å². The number of rotatable bonds is 6. The van der Waals surface area contributed by atoms with Crippen molar-refractivity contribution in [2.24, 2.45) is 4.99 Å². The molecular formula is C33H39N7O6. The number of aromatic nitrogens is 1. The van der Waals surface area contributed by atoms with Gasteiger partial charge in [0.15, 0.2) is 0 Å². The SMILES string of the molecule is Cc1cc2cc(NC(=N[C@H]3CCCCN(CC(=O)N4CCCC4)C3=O)NC(=O)c3ccc(C(=O)N4CCOCC4)nc3)ccc2o1. The van der Waals surface area contributed by atoms with E-state index >= 15 is 0 Å². The molecule has 3 aliphatic rings. The molecule has 0 spiro atoms. The van der Waals surface area contributed by atoms with Crippen LogP contribution in [0.2, 0.25) is 0 Å². The van der Waals surface area contributed by atoms with E-state index < -0.39 is 11.9 Å². The fraction of sp³-hybridized carbons (Fsp3) is 0.455. The largest absolute Gasteiger partial charge is 0.461 e. The Hall–Kier alpha value is -4.78. The molecule has 0 radical (unpaired) electrons. The van der Waals surface area contributed by atoms with E-state index in [2.05, 4.69) is 15.6 Å². The number of ether oxygens (including phenoxy) is 1. The van der Waals surface area contributed by atoms with Crippen LogP contribution < -0.4 is 10.6 Å². The second kappa shape index (κ2) is 14.1. The lowest BCUT2D eigenvalue weighted by Crippen LogP contribution is -2.45. The zero-order chi connectivity index (χ0) is 32.0. The number of furan rings is 1. The molecule has 4 amide bonds. The van der Waals surface area contributed by atoms with Crippen molar-refractivity contribution in [3.8, 4) is 0 Å². The molecule has 3 aliphatic heterocycles. The maximum Gasteiger partial charge on any atom is 0.272 e. The van der Waals surface area contributed by atoms with Gasteiger partial charge in [-0.15, -0.1) is 0 Å². The third kappa shape index (κ3) is 7.36. The molecule has 3 fully saturated rings. The summed E-state index contributed by atoms with van der Waals surface area (Å²) < 4.78 is 11.0. The van der Waals surface area contributed by atoms with Crippen LogP contribution in [0.5, 0.6) is 0 Å². The van der Waals surface area contributed by atoms with E-state index in [4.69, 9.17) is 14.1 Å². The molecule has 13 heteroatoms. The number of carbonyl (C=O) groups is 4. The van der Waals surface area contributed by atoms with Crippen LogP contribution in [0.1, 0.15) is 58.7 Å². The summed E-state index contributed by atoms with van der Waals surface area (Å²) in [7, 11) is 0. The van der Waals surface area contributed by atoms with Gasteiger partial charge >= 0.3 is 0 Å². The lowest BCUT2D eigenvalue weighted by Gasteiger charge is -2.26. The third-order valence-corrected chi connectivity index (χ3v) is 8.50. The van der Waals surface area contributed by atoms with Gasteiger partial charge in [0.2, 0.25) is 17.8 Å². The van der Waals surface area contributed by atoms with Gasteiger partial charge in [0.1, 0.15) is 23.1 Å². The Bertz CT molecular complexity index is 1620. The predicted molar refractivity (Wildman–Crippen MR) is 170 cm³/mol. The van der Waals surface area contributed by atoms with Crippen LogP contribution in [-0.2, 0) is 14.3 Å². The lowest BCUT2D eigenvalue weighted by molar-refractivity contribution is -0.140. The Morgan fingerprint density at radius 1 is 0.957 bits per heavy atom. The highest BCUT2D eigenvalue weighted by molar-refractivity contribution is 6.11. The molecule has 0 saturated carbocycles. The lowest BCUT2D eigenvalue weighted by atomic mass is 10.1. The number of morpholine rings is 1. The first-order valence-corrected chi connectivity index (χ1v) is 15.9. The van der Waals surface area contributed by atoms with Crippen LogP contribution in [0.25, 0.3) is 11.0 Å². The van der Waals surface area contributed by atoms with Gasteiger partial charge in [-0.1, -0.05) is 0 Å². The van der Waals surface area contributed by atoms with Gasteiger partial charge in [-0.3, -0.25) is 29.5 Å². The van der Waals surface area contributed by atoms with E-state index in [9.17, 15) is 19.2 Å². The maximum atomic E-state index is 13.7. The Balaban J connectivity index is 1.22. The first-order chi connectivity index (χ1) is 22.3. The first-order valence-electron chi connectivity index (χ1n) is 15.9. The van der Waals surface area contributed by atoms with Crippen LogP contribution in [0.4, 0.5) is 5.69 Å². The van der Waals surface area contributed by atoms with Crippen LogP contribution in [-0.4, -0.2) is 108 Å². The number of aryl methyl sites for hydroxylation is 1. The average Bonchev–Trinajstić information content (AvgIpc) is 3.71. The van der Waals surface area contributed by atoms with Crippen LogP contribution in [0.15, 0.2) is 52.0 Å². The Morgan fingerprint density at radius 3 is 2.50 bits per heavy atom. The number of fused-ring (bicyclic) bond motifs is 1. The van der Waals surface area contributed by atoms with Crippen molar-refractivity contribution in [1.82, 2.24) is 25.0 Å². The number of carbonyl (C=O) groups excluding carboxylic acids is 4. The number of pyridine rings is 1. The zero-order valence-electron chi connectivity index (χ0n) is 26.0. The molecule has 3 aromatic rings. The monoisotopic (exact) mass is 629 g/mol. The van der Waals surface area contributed by atoms with Crippen molar-refractivity contribution in [2.75, 3.05) is 57.8 Å². The van der Waals surface area contributed by atoms with Crippen molar-refractivity contribution in [2.45, 2.75) is 45.1 Å². The molecule has 5 heterocycles. The fourth-order valence-electron chi connectivity index (χ4n) is 6.00. The fourth-order valence-corrected chi connectivity index (χ4v) is 6.00. The van der Waals surface area contributed by atoms with Crippen molar-refractivity contribution < 1.29 is 28.3 Å². The molecule has 0 unspecified atom stereocenters. The third-order valence-electron chi connectivity index (χ3n) is 8.50. The van der Waals surface area contributed by atoms with E-state index in [1.807, 2.05) is 30.0 Å². The van der Waals surface area contributed by atoms with Gasteiger partial charge in [0.25, 0.3) is 11.8 Å². The summed E-state index contributed by atoms with van der Waals surface area (Å²) >= 11 is 0. The highest BCUT2D eigenvalue weighted by atomic mass is 16.5. The summed E-state index contributed by atoms with van der Waals surface area (Å²) in [6, 6.07) is 9.68. The van der Waals surface area contributed by atoms with Gasteiger partial charge in [-0.05, 0) is 75.4 Å². The van der Waals surface area contributed by atoms with Crippen LogP contribution in [0.3, 0.4) is 0 Å². The number of amides is 4. The second-order valence-corrected chi connectivity index (χ2v) is 11.9. The highest BCUT2D eigenvalue weighted by Gasteiger charge is 2.31. The molecule has 2 aromatic heterocycles. The second-order valence-electron chi connectivity index (χ2n) is 11.9. The minimum atomic E-state index is -0.789. The Labute approximate surface area is 266 Å². The number of hydrogen-bond acceptors (Lipinski definition) is 8. The Kier molecular flexibility index (Phi) is 9.57. The molecule has 2 N–H and O–H groups in total. The first kappa shape index (κ1) is 31.2. The predicted octanol–water partition coefficient (Wildman–Crippen LogP) is 2.81. The van der Waals surface area contributed by atoms with Gasteiger partial charge in [0.05, 0.1) is 25.3 Å². The van der Waals surface area contributed by atoms with E-state index in [0.29, 0.717) is 45.0 Å². The molecule has 13 nitrogen and oxygen atoms in total. The number of benzene rings is 1. The molecule has 242 valence electrons. The minimum Gasteiger partial charge on any atom is -0.461 e. The average molecular weight is 630 g/mol. The van der Waals surface area contributed by atoms with Crippen molar-refractivity contribution >= 4 is 46.2 Å². The molecule has 46 heavy (non-hydrogen) atoms. The smallest absolute Gasteiger partial charge is 0.272 e. The summed E-state index contributed by atoms with van der Waals surface area (Å²) in [6.07, 6.45) is 5.30. The normalized spacial score (nSPS) is 19.3. The summed E-state index contributed by atoms with van der Waals surface area (Å²) in [4.78, 5) is 66.9. The number of aliphatic imine (C=N–C) groups is 1. The van der Waals surface area contributed by atoms with Crippen molar-refractivity contribution in [3.63, 3.8) is 0 Å². The van der Waals surface area contributed by atoms with E-state index in [1.165, 1.54) is 18.3 Å². The summed E-state index contributed by atoms with van der Waals surface area (Å²) in [5, 5.41) is 6.86. The molecule has 6 rings (SSSR count). The van der Waals surface area contributed by atoms with Crippen molar-refractivity contribution in [3.05, 3.63) is 59.6 Å². The van der Waals surface area contributed by atoms with Gasteiger partial charge in [0, 0.05) is 50.0 Å². The van der Waals surface area contributed by atoms with Gasteiger partial charge in [-0.25, -0.2) is 4.99 Å². The number of nitrogens with zero attached hydrogens (tertiary/aromatic N) is 5. The van der Waals surface area contributed by atoms with Gasteiger partial charge < -0.3 is 29.2 Å². The highest BCUT2D eigenvalue weighted by Crippen LogP contribution is 2.23. The number of likely N-dealkylation sites (tertiary alicyclic amines) is 2. The number of hydrogen-bond donors (Lipinski definition) is 2. The van der Waals surface area contributed by atoms with Crippen LogP contribution in [0, 0.1) is 6.92 Å². The molecular weight excluding hydrogens is 590 g/mol. The summed E-state index contributed by atoms with van der Waals surface area (Å²) in [6.45, 7) is 5.75. The summed E-state index contributed by atoms with van der Waals surface area (Å²) in [5.41, 5.74) is 1.82. The molecule has 3 saturated heterocycles. The standard InChI is InChI=1S/C33H39N7O6/c1-22-18-24-19-25(8-10-28(24)46-22)35-33(36-27-6-2-3-13-40(32(27)44)21-29(41)38-11-4-5-12-38)37-30(42)23-7-9-26(34-20-23)31(43)39-14-16-45-17-15-39/h7-10,18-20,27H,2-6,11-17,21H2,1H3,(H2,35,36,37,42)/t27-/m0/s1. The summed E-state index contributed by atoms with van der Waals surface area (Å²) in [5.74, 6) is -0.162. The van der Waals surface area contributed by atoms with E-state index in [0.717, 1.165) is 55.5 Å². The number of nitrogens with one attached hydrogen (secondary N) is 2.